The van der Waals surface area contributed by atoms with E-state index >= 15 is 0 Å². The van der Waals surface area contributed by atoms with Gasteiger partial charge in [-0.15, -0.1) is 0 Å². The SMILES string of the molecule is O=C1CCC(N2C(=O)c3ccc(CNCC(O)C4CNC4)cc3C2=O)C(=O)N1. The highest BCUT2D eigenvalue weighted by molar-refractivity contribution is 6.23. The van der Waals surface area contributed by atoms with E-state index in [0.717, 1.165) is 23.6 Å². The van der Waals surface area contributed by atoms with Crippen LogP contribution in [0.2, 0.25) is 0 Å². The average molecular weight is 386 g/mol. The molecule has 4 amide bonds. The molecule has 9 heteroatoms. The number of carbonyl (C=O) groups excluding carboxylic acids is 4. The van der Waals surface area contributed by atoms with Crippen LogP contribution in [0.25, 0.3) is 0 Å². The number of rotatable bonds is 6. The number of hydrogen-bond acceptors (Lipinski definition) is 7. The van der Waals surface area contributed by atoms with Crippen LogP contribution in [0.15, 0.2) is 18.2 Å². The van der Waals surface area contributed by atoms with Crippen molar-refractivity contribution in [2.75, 3.05) is 19.6 Å². The Morgan fingerprint density at radius 2 is 1.89 bits per heavy atom. The zero-order valence-electron chi connectivity index (χ0n) is 15.2. The van der Waals surface area contributed by atoms with Crippen LogP contribution in [-0.4, -0.2) is 65.4 Å². The molecule has 0 saturated carbocycles. The van der Waals surface area contributed by atoms with Crippen molar-refractivity contribution in [2.45, 2.75) is 31.5 Å². The number of fused-ring (bicyclic) bond motifs is 1. The molecule has 2 atom stereocenters. The first-order valence-corrected chi connectivity index (χ1v) is 9.39. The lowest BCUT2D eigenvalue weighted by molar-refractivity contribution is -0.136. The number of nitrogens with one attached hydrogen (secondary N) is 3. The highest BCUT2D eigenvalue weighted by atomic mass is 16.3. The number of nitrogens with zero attached hydrogens (tertiary/aromatic N) is 1. The van der Waals surface area contributed by atoms with E-state index in [1.807, 2.05) is 0 Å². The van der Waals surface area contributed by atoms with Crippen molar-refractivity contribution < 1.29 is 24.3 Å². The molecule has 0 aromatic heterocycles. The lowest BCUT2D eigenvalue weighted by atomic mass is 9.96. The first kappa shape index (κ1) is 18.7. The molecule has 0 spiro atoms. The minimum atomic E-state index is -0.960. The Morgan fingerprint density at radius 1 is 1.14 bits per heavy atom. The van der Waals surface area contributed by atoms with Gasteiger partial charge in [-0.25, -0.2) is 0 Å². The van der Waals surface area contributed by atoms with Crippen LogP contribution in [0.1, 0.15) is 39.1 Å². The number of aliphatic hydroxyl groups is 1. The van der Waals surface area contributed by atoms with Crippen molar-refractivity contribution in [1.82, 2.24) is 20.9 Å². The smallest absolute Gasteiger partial charge is 0.262 e. The van der Waals surface area contributed by atoms with Crippen molar-refractivity contribution in [2.24, 2.45) is 5.92 Å². The topological polar surface area (TPSA) is 128 Å². The van der Waals surface area contributed by atoms with Crippen LogP contribution in [-0.2, 0) is 16.1 Å². The molecule has 4 N–H and O–H groups in total. The Morgan fingerprint density at radius 3 is 2.57 bits per heavy atom. The van der Waals surface area contributed by atoms with Gasteiger partial charge in [-0.2, -0.15) is 0 Å². The molecule has 4 rings (SSSR count). The van der Waals surface area contributed by atoms with E-state index in [-0.39, 0.29) is 29.9 Å². The monoisotopic (exact) mass is 386 g/mol. The van der Waals surface area contributed by atoms with Crippen LogP contribution < -0.4 is 16.0 Å². The Labute approximate surface area is 161 Å². The number of aliphatic hydroxyl groups excluding tert-OH is 1. The molecular weight excluding hydrogens is 364 g/mol. The number of imide groups is 2. The maximum Gasteiger partial charge on any atom is 0.262 e. The molecule has 28 heavy (non-hydrogen) atoms. The Hall–Kier alpha value is -2.62. The van der Waals surface area contributed by atoms with Gasteiger partial charge in [0, 0.05) is 38.5 Å². The second-order valence-electron chi connectivity index (χ2n) is 7.44. The van der Waals surface area contributed by atoms with Crippen LogP contribution >= 0.6 is 0 Å². The summed E-state index contributed by atoms with van der Waals surface area (Å²) in [4.78, 5) is 49.8. The fourth-order valence-electron chi connectivity index (χ4n) is 3.74. The third-order valence-corrected chi connectivity index (χ3v) is 5.54. The van der Waals surface area contributed by atoms with E-state index in [0.29, 0.717) is 13.1 Å². The Balaban J connectivity index is 1.43. The van der Waals surface area contributed by atoms with E-state index in [1.54, 1.807) is 18.2 Å². The van der Waals surface area contributed by atoms with E-state index in [2.05, 4.69) is 16.0 Å². The van der Waals surface area contributed by atoms with Crippen molar-refractivity contribution >= 4 is 23.6 Å². The van der Waals surface area contributed by atoms with Crippen molar-refractivity contribution in [3.05, 3.63) is 34.9 Å². The zero-order chi connectivity index (χ0) is 19.8. The van der Waals surface area contributed by atoms with Crippen LogP contribution in [0.3, 0.4) is 0 Å². The molecule has 148 valence electrons. The first-order chi connectivity index (χ1) is 13.5. The molecule has 0 aliphatic carbocycles. The first-order valence-electron chi connectivity index (χ1n) is 9.39. The summed E-state index contributed by atoms with van der Waals surface area (Å²) < 4.78 is 0. The number of benzene rings is 1. The van der Waals surface area contributed by atoms with Gasteiger partial charge in [0.2, 0.25) is 11.8 Å². The van der Waals surface area contributed by atoms with E-state index < -0.39 is 35.8 Å². The summed E-state index contributed by atoms with van der Waals surface area (Å²) >= 11 is 0. The zero-order valence-corrected chi connectivity index (χ0v) is 15.2. The molecule has 1 aromatic rings. The molecule has 3 aliphatic rings. The quantitative estimate of drug-likeness (QED) is 0.450. The predicted octanol–water partition coefficient (Wildman–Crippen LogP) is -1.24. The molecule has 2 fully saturated rings. The third-order valence-electron chi connectivity index (χ3n) is 5.54. The van der Waals surface area contributed by atoms with Gasteiger partial charge < -0.3 is 15.7 Å². The largest absolute Gasteiger partial charge is 0.391 e. The fourth-order valence-corrected chi connectivity index (χ4v) is 3.74. The second-order valence-corrected chi connectivity index (χ2v) is 7.44. The summed E-state index contributed by atoms with van der Waals surface area (Å²) in [6, 6.07) is 4.02. The maximum atomic E-state index is 12.8. The minimum Gasteiger partial charge on any atom is -0.391 e. The van der Waals surface area contributed by atoms with Gasteiger partial charge in [-0.05, 0) is 24.1 Å². The molecular formula is C19H22N4O5. The molecule has 3 heterocycles. The lowest BCUT2D eigenvalue weighted by Crippen LogP contribution is -2.54. The molecule has 2 saturated heterocycles. The lowest BCUT2D eigenvalue weighted by Gasteiger charge is -2.31. The number of hydrogen-bond donors (Lipinski definition) is 4. The summed E-state index contributed by atoms with van der Waals surface area (Å²) in [5, 5.41) is 18.5. The van der Waals surface area contributed by atoms with Crippen molar-refractivity contribution in [1.29, 1.82) is 0 Å². The maximum absolute atomic E-state index is 12.8. The normalized spacial score (nSPS) is 23.5. The number of carbonyl (C=O) groups is 4. The predicted molar refractivity (Wildman–Crippen MR) is 97.2 cm³/mol. The number of piperidine rings is 1. The molecule has 3 aliphatic heterocycles. The highest BCUT2D eigenvalue weighted by Gasteiger charge is 2.44. The summed E-state index contributed by atoms with van der Waals surface area (Å²) in [6.07, 6.45) is -0.196. The molecule has 1 aromatic carbocycles. The van der Waals surface area contributed by atoms with Gasteiger partial charge in [0.1, 0.15) is 6.04 Å². The Bertz CT molecular complexity index is 851. The van der Waals surface area contributed by atoms with Gasteiger partial charge in [0.05, 0.1) is 17.2 Å². The molecule has 0 bridgehead atoms. The standard InChI is InChI=1S/C19H22N4O5/c24-15(11-7-21-8-11)9-20-6-10-1-2-12-13(5-10)19(28)23(18(12)27)14-3-4-16(25)22-17(14)26/h1-2,5,11,14-15,20-21,24H,3-4,6-9H2,(H,22,25,26). The van der Waals surface area contributed by atoms with Gasteiger partial charge in [0.15, 0.2) is 0 Å². The molecule has 2 unspecified atom stereocenters. The summed E-state index contributed by atoms with van der Waals surface area (Å²) in [5.74, 6) is -1.79. The van der Waals surface area contributed by atoms with Crippen molar-refractivity contribution in [3.8, 4) is 0 Å². The minimum absolute atomic E-state index is 0.0951. The highest BCUT2D eigenvalue weighted by Crippen LogP contribution is 2.28. The summed E-state index contributed by atoms with van der Waals surface area (Å²) in [7, 11) is 0. The van der Waals surface area contributed by atoms with Gasteiger partial charge in [-0.1, -0.05) is 6.07 Å². The average Bonchev–Trinajstić information content (AvgIpc) is 2.85. The fraction of sp³-hybridized carbons (Fsp3) is 0.474. The van der Waals surface area contributed by atoms with Gasteiger partial charge in [-0.3, -0.25) is 29.4 Å². The van der Waals surface area contributed by atoms with Crippen molar-refractivity contribution in [3.63, 3.8) is 0 Å². The second kappa shape index (κ2) is 7.42. The summed E-state index contributed by atoms with van der Waals surface area (Å²) in [5.41, 5.74) is 1.33. The molecule has 0 radical (unpaired) electrons. The number of amides is 4. The van der Waals surface area contributed by atoms with Gasteiger partial charge >= 0.3 is 0 Å². The Kier molecular flexibility index (Phi) is 4.96. The van der Waals surface area contributed by atoms with Gasteiger partial charge in [0.25, 0.3) is 11.8 Å². The van der Waals surface area contributed by atoms with E-state index in [9.17, 15) is 24.3 Å². The van der Waals surface area contributed by atoms with E-state index in [4.69, 9.17) is 0 Å². The summed E-state index contributed by atoms with van der Waals surface area (Å²) in [6.45, 7) is 2.52. The third kappa shape index (κ3) is 3.32. The van der Waals surface area contributed by atoms with Crippen LogP contribution in [0, 0.1) is 5.92 Å². The van der Waals surface area contributed by atoms with E-state index in [1.165, 1.54) is 0 Å². The van der Waals surface area contributed by atoms with Crippen LogP contribution in [0.4, 0.5) is 0 Å². The molecule has 9 nitrogen and oxygen atoms in total. The van der Waals surface area contributed by atoms with Crippen LogP contribution in [0.5, 0.6) is 0 Å².